The van der Waals surface area contributed by atoms with E-state index in [2.05, 4.69) is 5.10 Å². The van der Waals surface area contributed by atoms with Crippen LogP contribution < -0.4 is 4.74 Å². The Morgan fingerprint density at radius 3 is 2.59 bits per heavy atom. The van der Waals surface area contributed by atoms with Crippen LogP contribution in [0.25, 0.3) is 6.08 Å². The van der Waals surface area contributed by atoms with Gasteiger partial charge in [0.2, 0.25) is 0 Å². The van der Waals surface area contributed by atoms with Crippen molar-refractivity contribution in [3.63, 3.8) is 0 Å². The number of sulfone groups is 1. The van der Waals surface area contributed by atoms with Crippen LogP contribution in [0.2, 0.25) is 0 Å². The van der Waals surface area contributed by atoms with E-state index < -0.39 is 9.84 Å². The molecule has 0 spiro atoms. The van der Waals surface area contributed by atoms with Crippen molar-refractivity contribution >= 4 is 21.7 Å². The van der Waals surface area contributed by atoms with Gasteiger partial charge in [-0.3, -0.25) is 9.48 Å². The molecular formula is C20H24N2O4S. The number of ether oxygens (including phenoxy) is 1. The number of nitrogens with zero attached hydrogens (tertiary/aromatic N) is 2. The van der Waals surface area contributed by atoms with Crippen LogP contribution in [-0.2, 0) is 9.84 Å². The lowest BCUT2D eigenvalue weighted by Crippen LogP contribution is -2.13. The molecule has 0 N–H and O–H groups in total. The van der Waals surface area contributed by atoms with E-state index in [1.54, 1.807) is 35.0 Å². The molecule has 1 fully saturated rings. The Labute approximate surface area is 159 Å². The van der Waals surface area contributed by atoms with E-state index in [-0.39, 0.29) is 23.3 Å². The van der Waals surface area contributed by atoms with Gasteiger partial charge in [-0.15, -0.1) is 0 Å². The van der Waals surface area contributed by atoms with E-state index in [1.165, 1.54) is 6.08 Å². The summed E-state index contributed by atoms with van der Waals surface area (Å²) in [6, 6.07) is 6.91. The van der Waals surface area contributed by atoms with Crippen LogP contribution in [0.4, 0.5) is 0 Å². The molecule has 3 rings (SSSR count). The Balaban J connectivity index is 1.78. The summed E-state index contributed by atoms with van der Waals surface area (Å²) >= 11 is 0. The normalized spacial score (nSPS) is 18.9. The second-order valence-corrected chi connectivity index (χ2v) is 8.97. The fourth-order valence-electron chi connectivity index (χ4n) is 3.38. The smallest absolute Gasteiger partial charge is 0.185 e. The fourth-order valence-corrected chi connectivity index (χ4v) is 5.07. The summed E-state index contributed by atoms with van der Waals surface area (Å²) in [6.45, 7) is 6.27. The van der Waals surface area contributed by atoms with Crippen LogP contribution in [0.1, 0.15) is 46.7 Å². The molecule has 0 saturated carbocycles. The fraction of sp³-hybridized carbons (Fsp3) is 0.400. The Kier molecular flexibility index (Phi) is 5.51. The first-order chi connectivity index (χ1) is 12.8. The first kappa shape index (κ1) is 19.4. The molecule has 1 aliphatic rings. The summed E-state index contributed by atoms with van der Waals surface area (Å²) in [5.41, 5.74) is 3.11. The molecule has 1 saturated heterocycles. The molecule has 144 valence electrons. The standard InChI is InChI=1S/C20H24N2O4S/c1-4-26-18-7-5-16(6-8-18)20(23)10-9-19-14(2)21-22(15(19)3)17-11-12-27(24,25)13-17/h5-10,17H,4,11-13H2,1-3H3/b10-9+/t17-/m0/s1. The number of aryl methyl sites for hydroxylation is 1. The molecule has 1 aromatic heterocycles. The predicted octanol–water partition coefficient (Wildman–Crippen LogP) is 3.15. The largest absolute Gasteiger partial charge is 0.494 e. The van der Waals surface area contributed by atoms with Gasteiger partial charge in [0, 0.05) is 16.8 Å². The summed E-state index contributed by atoms with van der Waals surface area (Å²) in [4.78, 5) is 12.4. The highest BCUT2D eigenvalue weighted by atomic mass is 32.2. The lowest BCUT2D eigenvalue weighted by atomic mass is 10.1. The van der Waals surface area contributed by atoms with E-state index in [4.69, 9.17) is 4.74 Å². The van der Waals surface area contributed by atoms with Crippen molar-refractivity contribution in [2.75, 3.05) is 18.1 Å². The third kappa shape index (κ3) is 4.30. The molecular weight excluding hydrogens is 364 g/mol. The summed E-state index contributed by atoms with van der Waals surface area (Å²) < 4.78 is 30.7. The van der Waals surface area contributed by atoms with Crippen LogP contribution in [0.3, 0.4) is 0 Å². The maximum absolute atomic E-state index is 12.4. The van der Waals surface area contributed by atoms with Gasteiger partial charge < -0.3 is 4.74 Å². The second-order valence-electron chi connectivity index (χ2n) is 6.74. The van der Waals surface area contributed by atoms with Crippen LogP contribution in [0, 0.1) is 13.8 Å². The number of aromatic nitrogens is 2. The lowest BCUT2D eigenvalue weighted by Gasteiger charge is -2.10. The molecule has 1 aromatic carbocycles. The average Bonchev–Trinajstić information content (AvgIpc) is 3.13. The molecule has 27 heavy (non-hydrogen) atoms. The van der Waals surface area contributed by atoms with Crippen molar-refractivity contribution in [1.29, 1.82) is 0 Å². The van der Waals surface area contributed by atoms with Crippen LogP contribution in [-0.4, -0.2) is 42.1 Å². The maximum atomic E-state index is 12.4. The number of carbonyl (C=O) groups is 1. The van der Waals surface area contributed by atoms with E-state index in [9.17, 15) is 13.2 Å². The molecule has 1 aliphatic heterocycles. The minimum Gasteiger partial charge on any atom is -0.494 e. The number of benzene rings is 1. The Hall–Kier alpha value is -2.41. The maximum Gasteiger partial charge on any atom is 0.185 e. The first-order valence-electron chi connectivity index (χ1n) is 9.02. The summed E-state index contributed by atoms with van der Waals surface area (Å²) in [6.07, 6.45) is 3.87. The van der Waals surface area contributed by atoms with Gasteiger partial charge in [0.15, 0.2) is 15.6 Å². The van der Waals surface area contributed by atoms with E-state index in [1.807, 2.05) is 20.8 Å². The van der Waals surface area contributed by atoms with Crippen molar-refractivity contribution in [3.8, 4) is 5.75 Å². The monoisotopic (exact) mass is 388 g/mol. The average molecular weight is 388 g/mol. The number of rotatable bonds is 6. The molecule has 0 radical (unpaired) electrons. The highest BCUT2D eigenvalue weighted by Gasteiger charge is 2.31. The summed E-state index contributed by atoms with van der Waals surface area (Å²) in [7, 11) is -2.98. The minimum atomic E-state index is -2.98. The minimum absolute atomic E-state index is 0.104. The van der Waals surface area contributed by atoms with Crippen molar-refractivity contribution in [2.24, 2.45) is 0 Å². The molecule has 0 amide bonds. The molecule has 0 bridgehead atoms. The molecule has 0 aliphatic carbocycles. The zero-order valence-electron chi connectivity index (χ0n) is 15.8. The Morgan fingerprint density at radius 2 is 2.00 bits per heavy atom. The second kappa shape index (κ2) is 7.68. The van der Waals surface area contributed by atoms with Crippen molar-refractivity contribution in [3.05, 3.63) is 52.9 Å². The highest BCUT2D eigenvalue weighted by Crippen LogP contribution is 2.27. The predicted molar refractivity (Wildman–Crippen MR) is 105 cm³/mol. The zero-order valence-corrected chi connectivity index (χ0v) is 16.6. The van der Waals surface area contributed by atoms with Gasteiger partial charge in [-0.25, -0.2) is 8.42 Å². The van der Waals surface area contributed by atoms with Crippen molar-refractivity contribution in [1.82, 2.24) is 9.78 Å². The van der Waals surface area contributed by atoms with Gasteiger partial charge >= 0.3 is 0 Å². The first-order valence-corrected chi connectivity index (χ1v) is 10.8. The molecule has 2 aromatic rings. The SMILES string of the molecule is CCOc1ccc(C(=O)/C=C/c2c(C)nn([C@H]3CCS(=O)(=O)C3)c2C)cc1. The Bertz CT molecular complexity index is 972. The van der Waals surface area contributed by atoms with Gasteiger partial charge in [0.05, 0.1) is 29.8 Å². The van der Waals surface area contributed by atoms with Gasteiger partial charge in [0.1, 0.15) is 5.75 Å². The number of hydrogen-bond acceptors (Lipinski definition) is 5. The van der Waals surface area contributed by atoms with Crippen molar-refractivity contribution < 1.29 is 17.9 Å². The molecule has 7 heteroatoms. The number of hydrogen-bond donors (Lipinski definition) is 0. The summed E-state index contributed by atoms with van der Waals surface area (Å²) in [5.74, 6) is 0.964. The number of carbonyl (C=O) groups excluding carboxylic acids is 1. The Morgan fingerprint density at radius 1 is 1.30 bits per heavy atom. The van der Waals surface area contributed by atoms with Gasteiger partial charge in [0.25, 0.3) is 0 Å². The number of ketones is 1. The molecule has 0 unspecified atom stereocenters. The molecule has 2 heterocycles. The quantitative estimate of drug-likeness (QED) is 0.561. The third-order valence-electron chi connectivity index (χ3n) is 4.79. The van der Waals surface area contributed by atoms with Crippen LogP contribution in [0.5, 0.6) is 5.75 Å². The van der Waals surface area contributed by atoms with Gasteiger partial charge in [-0.05, 0) is 63.6 Å². The van der Waals surface area contributed by atoms with Crippen LogP contribution >= 0.6 is 0 Å². The molecule has 1 atom stereocenters. The van der Waals surface area contributed by atoms with Gasteiger partial charge in [-0.2, -0.15) is 5.10 Å². The van der Waals surface area contributed by atoms with E-state index in [0.29, 0.717) is 18.6 Å². The third-order valence-corrected chi connectivity index (χ3v) is 6.54. The lowest BCUT2D eigenvalue weighted by molar-refractivity contribution is 0.104. The topological polar surface area (TPSA) is 78.3 Å². The number of allylic oxidation sites excluding steroid dienone is 1. The summed E-state index contributed by atoms with van der Waals surface area (Å²) in [5, 5.41) is 4.51. The van der Waals surface area contributed by atoms with Crippen molar-refractivity contribution in [2.45, 2.75) is 33.2 Å². The van der Waals surface area contributed by atoms with E-state index >= 15 is 0 Å². The van der Waals surface area contributed by atoms with Gasteiger partial charge in [-0.1, -0.05) is 0 Å². The molecule has 6 nitrogen and oxygen atoms in total. The van der Waals surface area contributed by atoms with E-state index in [0.717, 1.165) is 22.7 Å². The zero-order chi connectivity index (χ0) is 19.6. The highest BCUT2D eigenvalue weighted by molar-refractivity contribution is 7.91. The van der Waals surface area contributed by atoms with Crippen LogP contribution in [0.15, 0.2) is 30.3 Å².